The maximum Gasteiger partial charge on any atom is 0.326 e. The molecule has 0 saturated heterocycles. The number of nitrogens with one attached hydrogen (secondary N) is 2. The number of aromatic nitrogens is 2. The van der Waals surface area contributed by atoms with Crippen molar-refractivity contribution in [3.05, 3.63) is 32.6 Å². The number of Topliss-reactive ketones (excluding diaryl/α,β-unsaturated/α-hetero) is 1. The molecule has 0 atom stereocenters. The molecule has 2 N–H and O–H groups in total. The van der Waals surface area contributed by atoms with Gasteiger partial charge in [0.2, 0.25) is 0 Å². The molecule has 0 bridgehead atoms. The van der Waals surface area contributed by atoms with Crippen LogP contribution in [0, 0.1) is 5.92 Å². The maximum atomic E-state index is 11.3. The van der Waals surface area contributed by atoms with Crippen LogP contribution in [0.25, 0.3) is 0 Å². The van der Waals surface area contributed by atoms with E-state index in [4.69, 9.17) is 0 Å². The predicted molar refractivity (Wildman–Crippen MR) is 46.9 cm³/mol. The zero-order valence-electron chi connectivity index (χ0n) is 7.38. The average molecular weight is 182 g/mol. The van der Waals surface area contributed by atoms with Crippen molar-refractivity contribution in [2.24, 2.45) is 5.92 Å². The van der Waals surface area contributed by atoms with E-state index in [1.165, 1.54) is 0 Å². The van der Waals surface area contributed by atoms with Crippen LogP contribution in [0.1, 0.15) is 24.3 Å². The molecule has 0 saturated carbocycles. The van der Waals surface area contributed by atoms with Gasteiger partial charge < -0.3 is 4.98 Å². The summed E-state index contributed by atoms with van der Waals surface area (Å²) in [5, 5.41) is 0. The van der Waals surface area contributed by atoms with E-state index in [9.17, 15) is 14.4 Å². The molecule has 0 amide bonds. The number of ketones is 1. The van der Waals surface area contributed by atoms with E-state index in [2.05, 4.69) is 4.98 Å². The average Bonchev–Trinajstić information content (AvgIpc) is 2.01. The standard InChI is InChI=1S/C8H10N2O3/c1-4(2)7(12)5-3-6(11)10-8(13)9-5/h3-4H,1-2H3,(H2,9,10,11,13). The molecule has 0 aliphatic rings. The lowest BCUT2D eigenvalue weighted by molar-refractivity contribution is 0.0933. The molecular formula is C8H10N2O3. The second-order valence-electron chi connectivity index (χ2n) is 3.02. The number of hydrogen-bond acceptors (Lipinski definition) is 3. The van der Waals surface area contributed by atoms with Crippen LogP contribution >= 0.6 is 0 Å². The minimum absolute atomic E-state index is 0.0590. The monoisotopic (exact) mass is 182 g/mol. The summed E-state index contributed by atoms with van der Waals surface area (Å²) in [5.74, 6) is -0.486. The highest BCUT2D eigenvalue weighted by Crippen LogP contribution is 2.00. The third-order valence-electron chi connectivity index (χ3n) is 1.55. The fourth-order valence-electron chi connectivity index (χ4n) is 0.912. The first kappa shape index (κ1) is 9.44. The van der Waals surface area contributed by atoms with Gasteiger partial charge >= 0.3 is 5.69 Å². The van der Waals surface area contributed by atoms with Gasteiger partial charge in [0.15, 0.2) is 5.78 Å². The molecular weight excluding hydrogens is 172 g/mol. The molecule has 0 radical (unpaired) electrons. The third kappa shape index (κ3) is 2.14. The zero-order valence-corrected chi connectivity index (χ0v) is 7.38. The highest BCUT2D eigenvalue weighted by Gasteiger charge is 2.11. The summed E-state index contributed by atoms with van der Waals surface area (Å²) >= 11 is 0. The van der Waals surface area contributed by atoms with E-state index in [0.717, 1.165) is 6.07 Å². The van der Waals surface area contributed by atoms with Crippen molar-refractivity contribution < 1.29 is 4.79 Å². The van der Waals surface area contributed by atoms with Gasteiger partial charge in [0.05, 0.1) is 5.69 Å². The fourth-order valence-corrected chi connectivity index (χ4v) is 0.912. The Bertz CT molecular complexity index is 399. The number of carbonyl (C=O) groups is 1. The number of carbonyl (C=O) groups excluding carboxylic acids is 1. The van der Waals surface area contributed by atoms with Gasteiger partial charge in [0, 0.05) is 12.0 Å². The Morgan fingerprint density at radius 3 is 2.38 bits per heavy atom. The fraction of sp³-hybridized carbons (Fsp3) is 0.375. The van der Waals surface area contributed by atoms with Gasteiger partial charge in [-0.2, -0.15) is 0 Å². The molecule has 1 rings (SSSR count). The lowest BCUT2D eigenvalue weighted by atomic mass is 10.1. The zero-order chi connectivity index (χ0) is 10.0. The Morgan fingerprint density at radius 2 is 1.92 bits per heavy atom. The predicted octanol–water partition coefficient (Wildman–Crippen LogP) is -0.0981. The van der Waals surface area contributed by atoms with Crippen molar-refractivity contribution in [3.63, 3.8) is 0 Å². The molecule has 0 unspecified atom stereocenters. The third-order valence-corrected chi connectivity index (χ3v) is 1.55. The Kier molecular flexibility index (Phi) is 2.46. The van der Waals surface area contributed by atoms with Crippen LogP contribution < -0.4 is 11.2 Å². The lowest BCUT2D eigenvalue weighted by Crippen LogP contribution is -2.26. The minimum Gasteiger partial charge on any atom is -0.304 e. The molecule has 0 aliphatic heterocycles. The molecule has 1 aromatic rings. The summed E-state index contributed by atoms with van der Waals surface area (Å²) in [4.78, 5) is 37.2. The molecule has 5 nitrogen and oxygen atoms in total. The van der Waals surface area contributed by atoms with Crippen molar-refractivity contribution >= 4 is 5.78 Å². The molecule has 5 heteroatoms. The normalized spacial score (nSPS) is 10.4. The van der Waals surface area contributed by atoms with Gasteiger partial charge in [-0.25, -0.2) is 4.79 Å². The highest BCUT2D eigenvalue weighted by atomic mass is 16.2. The van der Waals surface area contributed by atoms with Crippen molar-refractivity contribution in [1.29, 1.82) is 0 Å². The summed E-state index contributed by atoms with van der Waals surface area (Å²) in [6, 6.07) is 1.09. The molecule has 0 aliphatic carbocycles. The summed E-state index contributed by atoms with van der Waals surface area (Å²) in [7, 11) is 0. The molecule has 1 heterocycles. The molecule has 13 heavy (non-hydrogen) atoms. The van der Waals surface area contributed by atoms with E-state index >= 15 is 0 Å². The van der Waals surface area contributed by atoms with Gasteiger partial charge in [-0.1, -0.05) is 13.8 Å². The van der Waals surface area contributed by atoms with E-state index in [0.29, 0.717) is 0 Å². The smallest absolute Gasteiger partial charge is 0.304 e. The number of H-pyrrole nitrogens is 2. The van der Waals surface area contributed by atoms with Crippen LogP contribution in [0.3, 0.4) is 0 Å². The summed E-state index contributed by atoms with van der Waals surface area (Å²) in [6.45, 7) is 3.39. The van der Waals surface area contributed by atoms with Crippen LogP contribution in [-0.2, 0) is 0 Å². The largest absolute Gasteiger partial charge is 0.326 e. The minimum atomic E-state index is -0.656. The molecule has 70 valence electrons. The maximum absolute atomic E-state index is 11.3. The SMILES string of the molecule is CC(C)C(=O)c1cc(=O)[nH]c(=O)[nH]1. The Balaban J connectivity index is 3.24. The quantitative estimate of drug-likeness (QED) is 0.626. The van der Waals surface area contributed by atoms with Crippen molar-refractivity contribution in [2.75, 3.05) is 0 Å². The second-order valence-corrected chi connectivity index (χ2v) is 3.02. The van der Waals surface area contributed by atoms with Crippen LogP contribution in [0.5, 0.6) is 0 Å². The van der Waals surface area contributed by atoms with Crippen molar-refractivity contribution in [3.8, 4) is 0 Å². The number of aromatic amines is 2. The first-order chi connectivity index (χ1) is 6.00. The summed E-state index contributed by atoms with van der Waals surface area (Å²) < 4.78 is 0. The van der Waals surface area contributed by atoms with Gasteiger partial charge in [-0.05, 0) is 0 Å². The Labute approximate surface area is 73.8 Å². The van der Waals surface area contributed by atoms with E-state index < -0.39 is 11.2 Å². The van der Waals surface area contributed by atoms with Crippen LogP contribution in [0.15, 0.2) is 15.7 Å². The number of rotatable bonds is 2. The van der Waals surface area contributed by atoms with Crippen LogP contribution in [0.4, 0.5) is 0 Å². The van der Waals surface area contributed by atoms with Crippen molar-refractivity contribution in [1.82, 2.24) is 9.97 Å². The van der Waals surface area contributed by atoms with Gasteiger partial charge in [-0.3, -0.25) is 14.6 Å². The van der Waals surface area contributed by atoms with Gasteiger partial charge in [-0.15, -0.1) is 0 Å². The molecule has 0 fully saturated rings. The Morgan fingerprint density at radius 1 is 1.31 bits per heavy atom. The lowest BCUT2D eigenvalue weighted by Gasteiger charge is -2.01. The van der Waals surface area contributed by atoms with E-state index in [1.54, 1.807) is 13.8 Å². The summed E-state index contributed by atoms with van der Waals surface area (Å²) in [5.41, 5.74) is -1.16. The van der Waals surface area contributed by atoms with E-state index in [1.807, 2.05) is 4.98 Å². The molecule has 0 aromatic carbocycles. The van der Waals surface area contributed by atoms with Crippen LogP contribution in [-0.4, -0.2) is 15.8 Å². The Hall–Kier alpha value is -1.65. The van der Waals surface area contributed by atoms with Gasteiger partial charge in [0.1, 0.15) is 0 Å². The van der Waals surface area contributed by atoms with Crippen molar-refractivity contribution in [2.45, 2.75) is 13.8 Å². The topological polar surface area (TPSA) is 82.8 Å². The molecule has 0 spiro atoms. The van der Waals surface area contributed by atoms with E-state index in [-0.39, 0.29) is 17.4 Å². The second kappa shape index (κ2) is 3.38. The first-order valence-corrected chi connectivity index (χ1v) is 3.88. The van der Waals surface area contributed by atoms with Gasteiger partial charge in [0.25, 0.3) is 5.56 Å². The number of hydrogen-bond donors (Lipinski definition) is 2. The van der Waals surface area contributed by atoms with Crippen LogP contribution in [0.2, 0.25) is 0 Å². The highest BCUT2D eigenvalue weighted by molar-refractivity contribution is 5.95. The summed E-state index contributed by atoms with van der Waals surface area (Å²) in [6.07, 6.45) is 0. The first-order valence-electron chi connectivity index (χ1n) is 3.88. The molecule has 1 aromatic heterocycles.